The normalized spacial score (nSPS) is 11.3. The first-order chi connectivity index (χ1) is 7.78. The molecule has 0 atom stereocenters. The molecular weight excluding hydrogens is 232 g/mol. The Bertz CT molecular complexity index is 410. The van der Waals surface area contributed by atoms with E-state index in [2.05, 4.69) is 26.1 Å². The smallest absolute Gasteiger partial charge is 0.234 e. The van der Waals surface area contributed by atoms with Gasteiger partial charge in [-0.15, -0.1) is 11.8 Å². The fourth-order valence-corrected chi connectivity index (χ4v) is 1.93. The van der Waals surface area contributed by atoms with E-state index in [4.69, 9.17) is 5.73 Å². The highest BCUT2D eigenvalue weighted by Gasteiger charge is 2.13. The fourth-order valence-electron chi connectivity index (χ4n) is 1.30. The number of nitrogens with two attached hydrogens (primary N) is 1. The fraction of sp³-hybridized carbons (Fsp3) is 0.462. The van der Waals surface area contributed by atoms with Crippen molar-refractivity contribution in [3.63, 3.8) is 0 Å². The molecule has 0 fully saturated rings. The highest BCUT2D eigenvalue weighted by atomic mass is 32.2. The standard InChI is InChI=1S/C13H20N2OS/c1-9-7-10(14)5-6-11(9)15-12(16)8-17-13(2,3)4/h5-7H,8,14H2,1-4H3,(H,15,16). The van der Waals surface area contributed by atoms with E-state index in [0.717, 1.165) is 11.3 Å². The molecular formula is C13H20N2OS. The average Bonchev–Trinajstić information content (AvgIpc) is 2.18. The van der Waals surface area contributed by atoms with Gasteiger partial charge in [0.15, 0.2) is 0 Å². The van der Waals surface area contributed by atoms with Crippen molar-refractivity contribution >= 4 is 29.0 Å². The first-order valence-electron chi connectivity index (χ1n) is 5.58. The number of aryl methyl sites for hydroxylation is 1. The van der Waals surface area contributed by atoms with Crippen LogP contribution in [-0.2, 0) is 4.79 Å². The summed E-state index contributed by atoms with van der Waals surface area (Å²) < 4.78 is 0.105. The molecule has 4 heteroatoms. The number of benzene rings is 1. The van der Waals surface area contributed by atoms with Crippen LogP contribution >= 0.6 is 11.8 Å². The van der Waals surface area contributed by atoms with Crippen LogP contribution in [0.2, 0.25) is 0 Å². The molecule has 1 aromatic carbocycles. The summed E-state index contributed by atoms with van der Waals surface area (Å²) in [6.07, 6.45) is 0. The minimum absolute atomic E-state index is 0.0257. The van der Waals surface area contributed by atoms with Gasteiger partial charge in [-0.1, -0.05) is 20.8 Å². The maximum absolute atomic E-state index is 11.7. The molecule has 0 spiro atoms. The van der Waals surface area contributed by atoms with Gasteiger partial charge in [0.2, 0.25) is 5.91 Å². The number of rotatable bonds is 3. The molecule has 1 aromatic rings. The van der Waals surface area contributed by atoms with Crippen molar-refractivity contribution in [1.29, 1.82) is 0 Å². The van der Waals surface area contributed by atoms with Gasteiger partial charge in [-0.25, -0.2) is 0 Å². The quantitative estimate of drug-likeness (QED) is 0.813. The number of anilines is 2. The molecule has 1 amide bonds. The molecule has 3 N–H and O–H groups in total. The highest BCUT2D eigenvalue weighted by molar-refractivity contribution is 8.01. The summed E-state index contributed by atoms with van der Waals surface area (Å²) in [6, 6.07) is 5.48. The number of hydrogen-bond acceptors (Lipinski definition) is 3. The van der Waals surface area contributed by atoms with Gasteiger partial charge < -0.3 is 11.1 Å². The molecule has 0 aromatic heterocycles. The van der Waals surface area contributed by atoms with E-state index < -0.39 is 0 Å². The van der Waals surface area contributed by atoms with Gasteiger partial charge in [-0.2, -0.15) is 0 Å². The van der Waals surface area contributed by atoms with E-state index in [9.17, 15) is 4.79 Å². The van der Waals surface area contributed by atoms with Crippen molar-refractivity contribution in [3.05, 3.63) is 23.8 Å². The lowest BCUT2D eigenvalue weighted by atomic mass is 10.2. The van der Waals surface area contributed by atoms with Gasteiger partial charge in [-0.3, -0.25) is 4.79 Å². The third-order valence-corrected chi connectivity index (χ3v) is 3.43. The maximum Gasteiger partial charge on any atom is 0.234 e. The SMILES string of the molecule is Cc1cc(N)ccc1NC(=O)CSC(C)(C)C. The van der Waals surface area contributed by atoms with E-state index in [1.807, 2.05) is 19.1 Å². The van der Waals surface area contributed by atoms with Gasteiger partial charge in [0.1, 0.15) is 0 Å². The molecule has 1 rings (SSSR count). The van der Waals surface area contributed by atoms with Gasteiger partial charge in [0, 0.05) is 16.1 Å². The zero-order valence-corrected chi connectivity index (χ0v) is 11.6. The number of hydrogen-bond donors (Lipinski definition) is 2. The van der Waals surface area contributed by atoms with E-state index in [1.165, 1.54) is 0 Å². The third kappa shape index (κ3) is 5.13. The topological polar surface area (TPSA) is 55.1 Å². The minimum atomic E-state index is 0.0257. The van der Waals surface area contributed by atoms with Gasteiger partial charge in [0.05, 0.1) is 5.75 Å². The number of carbonyl (C=O) groups is 1. The summed E-state index contributed by atoms with van der Waals surface area (Å²) in [5.41, 5.74) is 8.19. The Morgan fingerprint density at radius 1 is 1.41 bits per heavy atom. The second kappa shape index (κ2) is 5.45. The molecule has 0 bridgehead atoms. The van der Waals surface area contributed by atoms with Crippen LogP contribution in [0.1, 0.15) is 26.3 Å². The summed E-state index contributed by atoms with van der Waals surface area (Å²) in [5, 5.41) is 2.89. The molecule has 17 heavy (non-hydrogen) atoms. The number of carbonyl (C=O) groups excluding carboxylic acids is 1. The second-order valence-electron chi connectivity index (χ2n) is 5.02. The Hall–Kier alpha value is -1.16. The summed E-state index contributed by atoms with van der Waals surface area (Å²) in [6.45, 7) is 8.22. The molecule has 0 aliphatic rings. The minimum Gasteiger partial charge on any atom is -0.399 e. The first kappa shape index (κ1) is 13.9. The van der Waals surface area contributed by atoms with Crippen molar-refractivity contribution < 1.29 is 4.79 Å². The van der Waals surface area contributed by atoms with Gasteiger partial charge in [-0.05, 0) is 30.7 Å². The maximum atomic E-state index is 11.7. The molecule has 0 heterocycles. The molecule has 0 radical (unpaired) electrons. The zero-order valence-electron chi connectivity index (χ0n) is 10.8. The molecule has 94 valence electrons. The van der Waals surface area contributed by atoms with Crippen LogP contribution in [0.5, 0.6) is 0 Å². The Kier molecular flexibility index (Phi) is 4.46. The van der Waals surface area contributed by atoms with Gasteiger partial charge in [0.25, 0.3) is 0 Å². The third-order valence-electron chi connectivity index (χ3n) is 2.16. The van der Waals surface area contributed by atoms with E-state index in [1.54, 1.807) is 17.8 Å². The second-order valence-corrected chi connectivity index (χ2v) is 6.83. The lowest BCUT2D eigenvalue weighted by Crippen LogP contribution is -2.19. The molecule has 0 saturated carbocycles. The summed E-state index contributed by atoms with van der Waals surface area (Å²) in [5.74, 6) is 0.491. The molecule has 0 aliphatic heterocycles. The lowest BCUT2D eigenvalue weighted by Gasteiger charge is -2.17. The average molecular weight is 252 g/mol. The summed E-state index contributed by atoms with van der Waals surface area (Å²) in [4.78, 5) is 11.7. The van der Waals surface area contributed by atoms with Crippen molar-refractivity contribution in [2.75, 3.05) is 16.8 Å². The van der Waals surface area contributed by atoms with E-state index >= 15 is 0 Å². The van der Waals surface area contributed by atoms with Crippen molar-refractivity contribution in [1.82, 2.24) is 0 Å². The number of amides is 1. The molecule has 3 nitrogen and oxygen atoms in total. The predicted octanol–water partition coefficient (Wildman–Crippen LogP) is 3.05. The van der Waals surface area contributed by atoms with Gasteiger partial charge >= 0.3 is 0 Å². The largest absolute Gasteiger partial charge is 0.399 e. The van der Waals surface area contributed by atoms with Crippen LogP contribution in [-0.4, -0.2) is 16.4 Å². The summed E-state index contributed by atoms with van der Waals surface area (Å²) in [7, 11) is 0. The lowest BCUT2D eigenvalue weighted by molar-refractivity contribution is -0.113. The van der Waals surface area contributed by atoms with Crippen LogP contribution in [0.3, 0.4) is 0 Å². The zero-order chi connectivity index (χ0) is 13.1. The van der Waals surface area contributed by atoms with Crippen molar-refractivity contribution in [3.8, 4) is 0 Å². The van der Waals surface area contributed by atoms with Crippen LogP contribution in [0.25, 0.3) is 0 Å². The Labute approximate surface area is 107 Å². The number of nitrogen functional groups attached to an aromatic ring is 1. The molecule has 0 aliphatic carbocycles. The van der Waals surface area contributed by atoms with Crippen LogP contribution in [0.15, 0.2) is 18.2 Å². The van der Waals surface area contributed by atoms with Crippen molar-refractivity contribution in [2.45, 2.75) is 32.4 Å². The van der Waals surface area contributed by atoms with E-state index in [0.29, 0.717) is 11.4 Å². The van der Waals surface area contributed by atoms with Crippen LogP contribution in [0.4, 0.5) is 11.4 Å². The monoisotopic (exact) mass is 252 g/mol. The highest BCUT2D eigenvalue weighted by Crippen LogP contribution is 2.23. The molecule has 0 saturated heterocycles. The van der Waals surface area contributed by atoms with Crippen LogP contribution in [0, 0.1) is 6.92 Å². The van der Waals surface area contributed by atoms with Crippen LogP contribution < -0.4 is 11.1 Å². The number of nitrogens with one attached hydrogen (secondary N) is 1. The Morgan fingerprint density at radius 2 is 2.06 bits per heavy atom. The first-order valence-corrected chi connectivity index (χ1v) is 6.56. The van der Waals surface area contributed by atoms with Crippen molar-refractivity contribution in [2.24, 2.45) is 0 Å². The Morgan fingerprint density at radius 3 is 2.59 bits per heavy atom. The van der Waals surface area contributed by atoms with E-state index in [-0.39, 0.29) is 10.7 Å². The summed E-state index contributed by atoms with van der Waals surface area (Å²) >= 11 is 1.63. The number of thioether (sulfide) groups is 1. The Balaban J connectivity index is 2.57. The molecule has 0 unspecified atom stereocenters. The predicted molar refractivity (Wildman–Crippen MR) is 76.4 cm³/mol.